The molecule has 3 N–H and O–H groups in total. The van der Waals surface area contributed by atoms with Crippen LogP contribution in [0.5, 0.6) is 0 Å². The molecule has 2 aromatic carbocycles. The lowest BCUT2D eigenvalue weighted by Crippen LogP contribution is -2.27. The van der Waals surface area contributed by atoms with Gasteiger partial charge >= 0.3 is 11.9 Å². The fourth-order valence-corrected chi connectivity index (χ4v) is 3.49. The van der Waals surface area contributed by atoms with Gasteiger partial charge in [-0.1, -0.05) is 18.2 Å². The molecule has 3 rings (SSSR count). The molecule has 0 spiro atoms. The van der Waals surface area contributed by atoms with Crippen LogP contribution in [0.3, 0.4) is 0 Å². The first-order valence-electron chi connectivity index (χ1n) is 10.4. The van der Waals surface area contributed by atoms with Crippen LogP contribution in [-0.2, 0) is 20.9 Å². The van der Waals surface area contributed by atoms with Gasteiger partial charge in [-0.2, -0.15) is 18.2 Å². The number of aryl methyl sites for hydroxylation is 1. The van der Waals surface area contributed by atoms with Crippen LogP contribution in [0.2, 0.25) is 0 Å². The molecule has 1 aromatic heterocycles. The fourth-order valence-electron chi connectivity index (χ4n) is 3.10. The second kappa shape index (κ2) is 11.4. The number of nitrogens with one attached hydrogen (secondary N) is 1. The Bertz CT molecular complexity index is 1290. The van der Waals surface area contributed by atoms with Gasteiger partial charge in [0.15, 0.2) is 0 Å². The van der Waals surface area contributed by atoms with Crippen LogP contribution in [0.4, 0.5) is 19.0 Å². The molecule has 0 unspecified atom stereocenters. The fraction of sp³-hybridized carbons (Fsp3) is 0.364. The van der Waals surface area contributed by atoms with Gasteiger partial charge < -0.3 is 10.1 Å². The van der Waals surface area contributed by atoms with E-state index in [0.717, 1.165) is 29.9 Å². The second-order valence-corrected chi connectivity index (χ2v) is 8.90. The van der Waals surface area contributed by atoms with Crippen molar-refractivity contribution in [3.05, 3.63) is 64.1 Å². The van der Waals surface area contributed by atoms with Gasteiger partial charge in [0.05, 0.1) is 22.5 Å². The molecule has 0 aliphatic heterocycles. The Hall–Kier alpha value is -2.96. The SMILES string of the molecule is CCOCC.Cc1ccccc1-n1c(=O)nc(NCCS(N)(=O)=O)c2ccc(C(F)(F)F)cc21. The molecular formula is C22H27F3N4O4S. The summed E-state index contributed by atoms with van der Waals surface area (Å²) < 4.78 is 68.0. The zero-order valence-corrected chi connectivity index (χ0v) is 19.8. The number of para-hydroxylation sites is 1. The third-order valence-electron chi connectivity index (χ3n) is 4.66. The largest absolute Gasteiger partial charge is 0.416 e. The Morgan fingerprint density at radius 2 is 1.76 bits per heavy atom. The first kappa shape index (κ1) is 27.3. The van der Waals surface area contributed by atoms with Crippen LogP contribution in [0, 0.1) is 6.92 Å². The topological polar surface area (TPSA) is 116 Å². The summed E-state index contributed by atoms with van der Waals surface area (Å²) in [4.78, 5) is 16.6. The van der Waals surface area contributed by atoms with Crippen LogP contribution < -0.4 is 16.1 Å². The Kier molecular flexibility index (Phi) is 9.19. The number of fused-ring (bicyclic) bond motifs is 1. The standard InChI is InChI=1S/C18H17F3N4O3S.C4H10O/c1-11-4-2-3-5-14(11)25-15-10-12(18(19,20)21)6-7-13(15)16(24-17(25)26)23-8-9-29(22,27)28;1-3-5-4-2/h2-7,10H,8-9H2,1H3,(H2,22,27,28)(H,23,24,26);3-4H2,1-2H3. The van der Waals surface area contributed by atoms with Gasteiger partial charge in [0.1, 0.15) is 5.82 Å². The summed E-state index contributed by atoms with van der Waals surface area (Å²) in [5, 5.41) is 7.85. The molecule has 0 fully saturated rings. The number of nitrogens with zero attached hydrogens (tertiary/aromatic N) is 2. The maximum atomic E-state index is 13.3. The number of alkyl halides is 3. The van der Waals surface area contributed by atoms with E-state index in [2.05, 4.69) is 10.3 Å². The van der Waals surface area contributed by atoms with Gasteiger partial charge in [-0.05, 0) is 50.6 Å². The van der Waals surface area contributed by atoms with Crippen molar-refractivity contribution in [3.8, 4) is 5.69 Å². The first-order valence-corrected chi connectivity index (χ1v) is 12.1. The van der Waals surface area contributed by atoms with Gasteiger partial charge in [0.2, 0.25) is 10.0 Å². The van der Waals surface area contributed by atoms with Gasteiger partial charge in [-0.15, -0.1) is 0 Å². The molecule has 0 radical (unpaired) electrons. The maximum Gasteiger partial charge on any atom is 0.416 e. The van der Waals surface area contributed by atoms with Crippen molar-refractivity contribution in [1.29, 1.82) is 0 Å². The van der Waals surface area contributed by atoms with E-state index in [1.807, 2.05) is 13.8 Å². The normalized spacial score (nSPS) is 11.7. The molecular weight excluding hydrogens is 473 g/mol. The molecule has 0 amide bonds. The zero-order valence-electron chi connectivity index (χ0n) is 19.0. The summed E-state index contributed by atoms with van der Waals surface area (Å²) in [6, 6.07) is 9.66. The number of sulfonamides is 1. The van der Waals surface area contributed by atoms with E-state index < -0.39 is 33.2 Å². The summed E-state index contributed by atoms with van der Waals surface area (Å²) in [6.45, 7) is 7.23. The summed E-state index contributed by atoms with van der Waals surface area (Å²) in [6.07, 6.45) is -4.61. The monoisotopic (exact) mass is 500 g/mol. The Morgan fingerprint density at radius 3 is 2.29 bits per heavy atom. The lowest BCUT2D eigenvalue weighted by atomic mass is 10.1. The van der Waals surface area contributed by atoms with Gasteiger partial charge in [-0.3, -0.25) is 4.57 Å². The van der Waals surface area contributed by atoms with Crippen molar-refractivity contribution < 1.29 is 26.3 Å². The maximum absolute atomic E-state index is 13.3. The highest BCUT2D eigenvalue weighted by molar-refractivity contribution is 7.89. The molecule has 0 aliphatic rings. The van der Waals surface area contributed by atoms with Crippen LogP contribution in [-0.4, -0.2) is 43.5 Å². The predicted octanol–water partition coefficient (Wildman–Crippen LogP) is 3.46. The number of aromatic nitrogens is 2. The Balaban J connectivity index is 0.000000739. The number of primary sulfonamides is 1. The van der Waals surface area contributed by atoms with Crippen LogP contribution in [0.25, 0.3) is 16.6 Å². The van der Waals surface area contributed by atoms with E-state index in [4.69, 9.17) is 9.88 Å². The van der Waals surface area contributed by atoms with Crippen molar-refractivity contribution in [2.75, 3.05) is 30.8 Å². The number of anilines is 1. The summed E-state index contributed by atoms with van der Waals surface area (Å²) in [5.74, 6) is -0.454. The highest BCUT2D eigenvalue weighted by Crippen LogP contribution is 2.33. The number of ether oxygens (including phenoxy) is 1. The van der Waals surface area contributed by atoms with E-state index in [-0.39, 0.29) is 23.3 Å². The van der Waals surface area contributed by atoms with Crippen molar-refractivity contribution in [3.63, 3.8) is 0 Å². The molecule has 8 nitrogen and oxygen atoms in total. The summed E-state index contributed by atoms with van der Waals surface area (Å²) in [7, 11) is -3.76. The Morgan fingerprint density at radius 1 is 1.12 bits per heavy atom. The van der Waals surface area contributed by atoms with Crippen molar-refractivity contribution in [2.24, 2.45) is 5.14 Å². The van der Waals surface area contributed by atoms with Crippen LogP contribution in [0.15, 0.2) is 47.3 Å². The minimum atomic E-state index is -4.61. The highest BCUT2D eigenvalue weighted by atomic mass is 32.2. The average molecular weight is 501 g/mol. The van der Waals surface area contributed by atoms with Crippen LogP contribution >= 0.6 is 0 Å². The number of rotatable bonds is 7. The van der Waals surface area contributed by atoms with Gasteiger partial charge in [0.25, 0.3) is 0 Å². The number of hydrogen-bond donors (Lipinski definition) is 2. The predicted molar refractivity (Wildman–Crippen MR) is 126 cm³/mol. The number of halogens is 3. The van der Waals surface area contributed by atoms with E-state index in [0.29, 0.717) is 11.3 Å². The van der Waals surface area contributed by atoms with E-state index in [9.17, 15) is 26.4 Å². The molecule has 0 saturated heterocycles. The summed E-state index contributed by atoms with van der Waals surface area (Å²) in [5.41, 5.74) is -0.666. The first-order chi connectivity index (χ1) is 15.9. The Labute approximate surface area is 195 Å². The lowest BCUT2D eigenvalue weighted by molar-refractivity contribution is -0.137. The minimum Gasteiger partial charge on any atom is -0.382 e. The average Bonchev–Trinajstić information content (AvgIpc) is 2.74. The third-order valence-corrected chi connectivity index (χ3v) is 5.44. The van der Waals surface area contributed by atoms with Crippen LogP contribution in [0.1, 0.15) is 25.0 Å². The number of nitrogens with two attached hydrogens (primary N) is 1. The molecule has 186 valence electrons. The second-order valence-electron chi connectivity index (χ2n) is 7.17. The molecule has 34 heavy (non-hydrogen) atoms. The molecule has 0 aliphatic carbocycles. The third kappa shape index (κ3) is 7.27. The quantitative estimate of drug-likeness (QED) is 0.513. The molecule has 0 atom stereocenters. The molecule has 1 heterocycles. The van der Waals surface area contributed by atoms with E-state index in [1.54, 1.807) is 31.2 Å². The zero-order chi connectivity index (χ0) is 25.5. The molecule has 3 aromatic rings. The smallest absolute Gasteiger partial charge is 0.382 e. The molecule has 0 saturated carbocycles. The highest BCUT2D eigenvalue weighted by Gasteiger charge is 2.31. The van der Waals surface area contributed by atoms with Gasteiger partial charge in [0, 0.05) is 25.1 Å². The molecule has 12 heteroatoms. The van der Waals surface area contributed by atoms with E-state index >= 15 is 0 Å². The van der Waals surface area contributed by atoms with Crippen molar-refractivity contribution in [1.82, 2.24) is 9.55 Å². The van der Waals surface area contributed by atoms with Gasteiger partial charge in [-0.25, -0.2) is 18.4 Å². The minimum absolute atomic E-state index is 0.00719. The van der Waals surface area contributed by atoms with Crippen molar-refractivity contribution >= 4 is 26.7 Å². The summed E-state index contributed by atoms with van der Waals surface area (Å²) >= 11 is 0. The van der Waals surface area contributed by atoms with E-state index in [1.165, 1.54) is 6.07 Å². The lowest BCUT2D eigenvalue weighted by Gasteiger charge is -2.17. The van der Waals surface area contributed by atoms with Crippen molar-refractivity contribution in [2.45, 2.75) is 26.9 Å². The molecule has 0 bridgehead atoms. The number of benzene rings is 2. The number of hydrogen-bond acceptors (Lipinski definition) is 6.